The third kappa shape index (κ3) is 7.92. The van der Waals surface area contributed by atoms with E-state index in [1.54, 1.807) is 0 Å². The van der Waals surface area contributed by atoms with Gasteiger partial charge in [-0.3, -0.25) is 4.79 Å². The molecule has 1 rings (SSSR count). The normalized spacial score (nSPS) is 13.6. The number of esters is 1. The first kappa shape index (κ1) is 24.6. The van der Waals surface area contributed by atoms with E-state index in [0.29, 0.717) is 30.2 Å². The number of carbonyl (C=O) groups excluding carboxylic acids is 1. The number of benzene rings is 1. The van der Waals surface area contributed by atoms with Gasteiger partial charge in [0, 0.05) is 6.54 Å². The van der Waals surface area contributed by atoms with Crippen LogP contribution in [0.4, 0.5) is 0 Å². The first-order valence-corrected chi connectivity index (χ1v) is 11.5. The van der Waals surface area contributed by atoms with Crippen LogP contribution >= 0.6 is 0 Å². The molecule has 0 aliphatic rings. The van der Waals surface area contributed by atoms with E-state index < -0.39 is 15.6 Å². The minimum atomic E-state index is -3.57. The molecule has 0 saturated carbocycles. The Kier molecular flexibility index (Phi) is 8.69. The Morgan fingerprint density at radius 2 is 1.64 bits per heavy atom. The molecule has 0 spiro atoms. The van der Waals surface area contributed by atoms with Crippen LogP contribution in [0.25, 0.3) is 0 Å². The lowest BCUT2D eigenvalue weighted by molar-refractivity contribution is -0.160. The van der Waals surface area contributed by atoms with Gasteiger partial charge < -0.3 is 4.74 Å². The first-order chi connectivity index (χ1) is 12.7. The average Bonchev–Trinajstić information content (AvgIpc) is 2.46. The van der Waals surface area contributed by atoms with Crippen LogP contribution in [0, 0.1) is 32.6 Å². The zero-order chi connectivity index (χ0) is 21.7. The number of hydrogen-bond donors (Lipinski definition) is 1. The Morgan fingerprint density at radius 1 is 1.11 bits per heavy atom. The Morgan fingerprint density at radius 3 is 2.11 bits per heavy atom. The van der Waals surface area contributed by atoms with Gasteiger partial charge in [0.05, 0.1) is 10.8 Å². The third-order valence-corrected chi connectivity index (χ3v) is 6.16. The SMILES string of the molecule is Cc1cc(C)c(S(=O)(=O)NCCCC(CC(C)C)C(=O)OC(C)(C)C)c(C)c1. The topological polar surface area (TPSA) is 72.5 Å². The number of hydrogen-bond acceptors (Lipinski definition) is 4. The van der Waals surface area contributed by atoms with Gasteiger partial charge in [0.15, 0.2) is 0 Å². The lowest BCUT2D eigenvalue weighted by Crippen LogP contribution is -2.31. The van der Waals surface area contributed by atoms with Crippen LogP contribution in [0.2, 0.25) is 0 Å². The number of carbonyl (C=O) groups is 1. The maximum Gasteiger partial charge on any atom is 0.309 e. The highest BCUT2D eigenvalue weighted by molar-refractivity contribution is 7.89. The largest absolute Gasteiger partial charge is 0.460 e. The van der Waals surface area contributed by atoms with Gasteiger partial charge in [-0.2, -0.15) is 0 Å². The molecule has 0 fully saturated rings. The molecule has 28 heavy (non-hydrogen) atoms. The fourth-order valence-electron chi connectivity index (χ4n) is 3.50. The standard InChI is InChI=1S/C22H37NO4S/c1-15(2)12-19(21(24)27-22(6,7)8)10-9-11-23-28(25,26)20-17(4)13-16(3)14-18(20)5/h13-15,19,23H,9-12H2,1-8H3. The summed E-state index contributed by atoms with van der Waals surface area (Å²) in [6.45, 7) is 15.6. The quantitative estimate of drug-likeness (QED) is 0.473. The maximum absolute atomic E-state index is 12.7. The van der Waals surface area contributed by atoms with Crippen molar-refractivity contribution in [2.45, 2.75) is 85.1 Å². The van der Waals surface area contributed by atoms with Gasteiger partial charge in [0.2, 0.25) is 10.0 Å². The van der Waals surface area contributed by atoms with Crippen LogP contribution in [0.5, 0.6) is 0 Å². The lowest BCUT2D eigenvalue weighted by Gasteiger charge is -2.25. The van der Waals surface area contributed by atoms with Crippen LogP contribution in [-0.2, 0) is 19.6 Å². The van der Waals surface area contributed by atoms with E-state index in [2.05, 4.69) is 18.6 Å². The molecular weight excluding hydrogens is 374 g/mol. The van der Waals surface area contributed by atoms with E-state index in [1.807, 2.05) is 53.7 Å². The summed E-state index contributed by atoms with van der Waals surface area (Å²) in [7, 11) is -3.57. The molecule has 1 aromatic rings. The third-order valence-electron chi connectivity index (χ3n) is 4.39. The van der Waals surface area contributed by atoms with Crippen LogP contribution in [0.15, 0.2) is 17.0 Å². The molecule has 0 heterocycles. The number of rotatable bonds is 9. The summed E-state index contributed by atoms with van der Waals surface area (Å²) in [6.07, 6.45) is 1.92. The Balaban J connectivity index is 2.73. The first-order valence-electron chi connectivity index (χ1n) is 10.0. The molecule has 0 amide bonds. The van der Waals surface area contributed by atoms with Crippen molar-refractivity contribution in [1.29, 1.82) is 0 Å². The summed E-state index contributed by atoms with van der Waals surface area (Å²) in [5.74, 6) is -0.0482. The molecule has 1 atom stereocenters. The number of sulfonamides is 1. The molecule has 6 heteroatoms. The molecule has 0 aromatic heterocycles. The van der Waals surface area contributed by atoms with E-state index in [9.17, 15) is 13.2 Å². The summed E-state index contributed by atoms with van der Waals surface area (Å²) < 4.78 is 33.7. The van der Waals surface area contributed by atoms with Gasteiger partial charge in [-0.15, -0.1) is 0 Å². The highest BCUT2D eigenvalue weighted by atomic mass is 32.2. The monoisotopic (exact) mass is 411 g/mol. The molecule has 0 saturated heterocycles. The molecule has 1 N–H and O–H groups in total. The number of ether oxygens (including phenoxy) is 1. The van der Waals surface area contributed by atoms with Crippen molar-refractivity contribution in [3.63, 3.8) is 0 Å². The molecule has 1 aromatic carbocycles. The number of nitrogens with one attached hydrogen (secondary N) is 1. The van der Waals surface area contributed by atoms with Crippen molar-refractivity contribution in [2.24, 2.45) is 11.8 Å². The predicted molar refractivity (Wildman–Crippen MR) is 114 cm³/mol. The minimum absolute atomic E-state index is 0.200. The second-order valence-corrected chi connectivity index (χ2v) is 10.8. The Labute approximate surface area is 171 Å². The number of aryl methyl sites for hydroxylation is 3. The molecule has 0 aliphatic heterocycles. The zero-order valence-corrected chi connectivity index (χ0v) is 19.5. The van der Waals surface area contributed by atoms with Gasteiger partial charge in [0.25, 0.3) is 0 Å². The van der Waals surface area contributed by atoms with E-state index in [4.69, 9.17) is 4.74 Å². The zero-order valence-electron chi connectivity index (χ0n) is 18.7. The van der Waals surface area contributed by atoms with E-state index in [1.165, 1.54) is 0 Å². The van der Waals surface area contributed by atoms with Crippen molar-refractivity contribution in [1.82, 2.24) is 4.72 Å². The van der Waals surface area contributed by atoms with Crippen LogP contribution in [0.1, 0.15) is 70.6 Å². The summed E-state index contributed by atoms with van der Waals surface area (Å²) >= 11 is 0. The van der Waals surface area contributed by atoms with Crippen molar-refractivity contribution in [3.8, 4) is 0 Å². The minimum Gasteiger partial charge on any atom is -0.460 e. The van der Waals surface area contributed by atoms with Crippen molar-refractivity contribution in [2.75, 3.05) is 6.54 Å². The molecule has 1 unspecified atom stereocenters. The smallest absolute Gasteiger partial charge is 0.309 e. The summed E-state index contributed by atoms with van der Waals surface area (Å²) in [5.41, 5.74) is 2.02. The maximum atomic E-state index is 12.7. The lowest BCUT2D eigenvalue weighted by atomic mass is 9.92. The second-order valence-electron chi connectivity index (χ2n) is 9.13. The average molecular weight is 412 g/mol. The molecular formula is C22H37NO4S. The summed E-state index contributed by atoms with van der Waals surface area (Å²) in [6, 6.07) is 3.76. The highest BCUT2D eigenvalue weighted by Gasteiger charge is 2.26. The van der Waals surface area contributed by atoms with Crippen LogP contribution in [-0.4, -0.2) is 26.5 Å². The van der Waals surface area contributed by atoms with Gasteiger partial charge >= 0.3 is 5.97 Å². The van der Waals surface area contributed by atoms with Gasteiger partial charge in [-0.25, -0.2) is 13.1 Å². The van der Waals surface area contributed by atoms with Crippen LogP contribution in [0.3, 0.4) is 0 Å². The fourth-order valence-corrected chi connectivity index (χ4v) is 5.03. The highest BCUT2D eigenvalue weighted by Crippen LogP contribution is 2.23. The Bertz CT molecular complexity index is 753. The second kappa shape index (κ2) is 9.88. The fraction of sp³-hybridized carbons (Fsp3) is 0.682. The van der Waals surface area contributed by atoms with E-state index in [-0.39, 0.29) is 11.9 Å². The van der Waals surface area contributed by atoms with Gasteiger partial charge in [-0.05, 0) is 77.8 Å². The van der Waals surface area contributed by atoms with Crippen LogP contribution < -0.4 is 4.72 Å². The molecule has 160 valence electrons. The molecule has 0 radical (unpaired) electrons. The summed E-state index contributed by atoms with van der Waals surface area (Å²) in [4.78, 5) is 12.8. The Hall–Kier alpha value is -1.40. The van der Waals surface area contributed by atoms with Crippen molar-refractivity contribution < 1.29 is 17.9 Å². The molecule has 0 aliphatic carbocycles. The summed E-state index contributed by atoms with van der Waals surface area (Å²) in [5, 5.41) is 0. The van der Waals surface area contributed by atoms with Crippen molar-refractivity contribution >= 4 is 16.0 Å². The predicted octanol–water partition coefficient (Wildman–Crippen LogP) is 4.67. The van der Waals surface area contributed by atoms with E-state index in [0.717, 1.165) is 23.1 Å². The van der Waals surface area contributed by atoms with Gasteiger partial charge in [0.1, 0.15) is 5.60 Å². The molecule has 5 nitrogen and oxygen atoms in total. The molecule has 0 bridgehead atoms. The van der Waals surface area contributed by atoms with Gasteiger partial charge in [-0.1, -0.05) is 31.5 Å². The van der Waals surface area contributed by atoms with Crippen molar-refractivity contribution in [3.05, 3.63) is 28.8 Å². The van der Waals surface area contributed by atoms with E-state index >= 15 is 0 Å².